The van der Waals surface area contributed by atoms with Crippen molar-refractivity contribution in [3.63, 3.8) is 0 Å². The molecule has 1 aliphatic heterocycles. The molecule has 2 atom stereocenters. The van der Waals surface area contributed by atoms with Crippen molar-refractivity contribution in [2.45, 2.75) is 37.8 Å². The van der Waals surface area contributed by atoms with Gasteiger partial charge in [0.05, 0.1) is 17.7 Å². The Hall–Kier alpha value is -2.77. The number of rotatable bonds is 4. The van der Waals surface area contributed by atoms with Crippen molar-refractivity contribution < 1.29 is 5.11 Å². The van der Waals surface area contributed by atoms with Gasteiger partial charge in [0.25, 0.3) is 0 Å². The molecule has 31 heavy (non-hydrogen) atoms. The topological polar surface area (TPSA) is 77.4 Å². The summed E-state index contributed by atoms with van der Waals surface area (Å²) in [5.74, 6) is 0.799. The second-order valence-electron chi connectivity index (χ2n) is 8.76. The molecule has 7 nitrogen and oxygen atoms in total. The maximum absolute atomic E-state index is 10.3. The summed E-state index contributed by atoms with van der Waals surface area (Å²) in [4.78, 5) is 18.4. The smallest absolute Gasteiger partial charge is 0.225 e. The number of aromatic nitrogens is 3. The van der Waals surface area contributed by atoms with Crippen molar-refractivity contribution >= 4 is 22.5 Å². The zero-order valence-corrected chi connectivity index (χ0v) is 18.0. The molecule has 3 heterocycles. The van der Waals surface area contributed by atoms with E-state index >= 15 is 0 Å². The van der Waals surface area contributed by atoms with E-state index in [0.29, 0.717) is 0 Å². The monoisotopic (exact) mass is 418 g/mol. The summed E-state index contributed by atoms with van der Waals surface area (Å²) in [7, 11) is 2.15. The van der Waals surface area contributed by atoms with E-state index in [2.05, 4.69) is 55.3 Å². The van der Waals surface area contributed by atoms with Gasteiger partial charge in [0.15, 0.2) is 0 Å². The summed E-state index contributed by atoms with van der Waals surface area (Å²) in [5, 5.41) is 15.0. The standard InChI is InChI=1S/C24H30N6O/c1-29-10-12-30(13-11-29)24-26-15-18(16-27-24)17-6-7-19-20(8-9-25-22(19)14-17)28-21-4-2-3-5-23(21)31/h6-9,14-16,21,23,31H,2-5,10-13H2,1H3,(H,25,28)/t21-,23-/m1/s1. The SMILES string of the molecule is CN1CCN(c2ncc(-c3ccc4c(N[C@@H]5CCCC[C@H]5O)ccnc4c3)cn2)CC1. The number of anilines is 2. The number of likely N-dealkylation sites (N-methyl/N-ethyl adjacent to an activating group) is 1. The van der Waals surface area contributed by atoms with E-state index in [-0.39, 0.29) is 12.1 Å². The number of aliphatic hydroxyl groups excluding tert-OH is 1. The number of piperazine rings is 1. The Kier molecular flexibility index (Phi) is 5.70. The van der Waals surface area contributed by atoms with Crippen molar-refractivity contribution in [1.82, 2.24) is 19.9 Å². The van der Waals surface area contributed by atoms with Crippen LogP contribution in [-0.4, -0.2) is 70.3 Å². The van der Waals surface area contributed by atoms with Gasteiger partial charge < -0.3 is 20.2 Å². The molecule has 2 N–H and O–H groups in total. The van der Waals surface area contributed by atoms with Crippen LogP contribution in [0.3, 0.4) is 0 Å². The molecule has 1 saturated heterocycles. The number of nitrogens with zero attached hydrogens (tertiary/aromatic N) is 5. The minimum atomic E-state index is -0.285. The third-order valence-electron chi connectivity index (χ3n) is 6.57. The third kappa shape index (κ3) is 4.34. The Morgan fingerprint density at radius 3 is 2.48 bits per heavy atom. The van der Waals surface area contributed by atoms with Gasteiger partial charge in [-0.1, -0.05) is 25.0 Å². The maximum Gasteiger partial charge on any atom is 0.225 e. The second-order valence-corrected chi connectivity index (χ2v) is 8.76. The highest BCUT2D eigenvalue weighted by molar-refractivity contribution is 5.93. The molecule has 2 fully saturated rings. The first-order chi connectivity index (χ1) is 15.2. The molecule has 0 unspecified atom stereocenters. The lowest BCUT2D eigenvalue weighted by molar-refractivity contribution is 0.116. The lowest BCUT2D eigenvalue weighted by Crippen LogP contribution is -2.45. The third-order valence-corrected chi connectivity index (χ3v) is 6.57. The lowest BCUT2D eigenvalue weighted by Gasteiger charge is -2.32. The molecule has 7 heteroatoms. The van der Waals surface area contributed by atoms with Gasteiger partial charge in [-0.05, 0) is 37.6 Å². The first-order valence-corrected chi connectivity index (χ1v) is 11.3. The van der Waals surface area contributed by atoms with E-state index in [1.165, 1.54) is 0 Å². The minimum Gasteiger partial charge on any atom is -0.391 e. The van der Waals surface area contributed by atoms with E-state index in [4.69, 9.17) is 0 Å². The summed E-state index contributed by atoms with van der Waals surface area (Å²) >= 11 is 0. The zero-order valence-electron chi connectivity index (χ0n) is 18.0. The number of hydrogen-bond acceptors (Lipinski definition) is 7. The highest BCUT2D eigenvalue weighted by Gasteiger charge is 2.23. The van der Waals surface area contributed by atoms with Crippen LogP contribution >= 0.6 is 0 Å². The normalized spacial score (nSPS) is 22.6. The van der Waals surface area contributed by atoms with Crippen LogP contribution in [0.15, 0.2) is 42.9 Å². The van der Waals surface area contributed by atoms with Gasteiger partial charge in [0.1, 0.15) is 0 Å². The number of fused-ring (bicyclic) bond motifs is 1. The molecule has 0 bridgehead atoms. The highest BCUT2D eigenvalue weighted by atomic mass is 16.3. The Balaban J connectivity index is 1.36. The highest BCUT2D eigenvalue weighted by Crippen LogP contribution is 2.30. The molecular weight excluding hydrogens is 388 g/mol. The van der Waals surface area contributed by atoms with Gasteiger partial charge in [-0.15, -0.1) is 0 Å². The van der Waals surface area contributed by atoms with Crippen molar-refractivity contribution in [2.75, 3.05) is 43.4 Å². The molecule has 3 aromatic rings. The van der Waals surface area contributed by atoms with E-state index in [1.54, 1.807) is 0 Å². The molecule has 0 spiro atoms. The van der Waals surface area contributed by atoms with Crippen LogP contribution in [-0.2, 0) is 0 Å². The summed E-state index contributed by atoms with van der Waals surface area (Å²) < 4.78 is 0. The van der Waals surface area contributed by atoms with Crippen molar-refractivity contribution in [3.8, 4) is 11.1 Å². The van der Waals surface area contributed by atoms with Gasteiger partial charge in [-0.2, -0.15) is 0 Å². The van der Waals surface area contributed by atoms with Crippen LogP contribution in [0.5, 0.6) is 0 Å². The number of hydrogen-bond donors (Lipinski definition) is 2. The van der Waals surface area contributed by atoms with Crippen molar-refractivity contribution in [1.29, 1.82) is 0 Å². The Bertz CT molecular complexity index is 1030. The predicted octanol–water partition coefficient (Wildman–Crippen LogP) is 3.16. The summed E-state index contributed by atoms with van der Waals surface area (Å²) in [6.07, 6.45) is 9.49. The van der Waals surface area contributed by atoms with Gasteiger partial charge in [0, 0.05) is 61.4 Å². The summed E-state index contributed by atoms with van der Waals surface area (Å²) in [6.45, 7) is 3.99. The van der Waals surface area contributed by atoms with Crippen LogP contribution < -0.4 is 10.2 Å². The van der Waals surface area contributed by atoms with Crippen LogP contribution in [0, 0.1) is 0 Å². The average Bonchev–Trinajstić information content (AvgIpc) is 2.81. The van der Waals surface area contributed by atoms with Gasteiger partial charge in [0.2, 0.25) is 5.95 Å². The molecule has 0 amide bonds. The van der Waals surface area contributed by atoms with Crippen molar-refractivity contribution in [2.24, 2.45) is 0 Å². The Labute approximate surface area is 183 Å². The molecular formula is C24H30N6O. The summed E-state index contributed by atoms with van der Waals surface area (Å²) in [6, 6.07) is 8.39. The molecule has 0 radical (unpaired) electrons. The van der Waals surface area contributed by atoms with Crippen LogP contribution in [0.2, 0.25) is 0 Å². The fraction of sp³-hybridized carbons (Fsp3) is 0.458. The predicted molar refractivity (Wildman–Crippen MR) is 124 cm³/mol. The van der Waals surface area contributed by atoms with E-state index in [0.717, 1.165) is 85.5 Å². The van der Waals surface area contributed by atoms with Crippen LogP contribution in [0.4, 0.5) is 11.6 Å². The molecule has 5 rings (SSSR count). The van der Waals surface area contributed by atoms with Crippen LogP contribution in [0.25, 0.3) is 22.0 Å². The van der Waals surface area contributed by atoms with Gasteiger partial charge >= 0.3 is 0 Å². The number of pyridine rings is 1. The summed E-state index contributed by atoms with van der Waals surface area (Å²) in [5.41, 5.74) is 4.00. The zero-order chi connectivity index (χ0) is 21.2. The first kappa shape index (κ1) is 20.2. The quantitative estimate of drug-likeness (QED) is 0.674. The first-order valence-electron chi connectivity index (χ1n) is 11.3. The van der Waals surface area contributed by atoms with Crippen LogP contribution in [0.1, 0.15) is 25.7 Å². The van der Waals surface area contributed by atoms with E-state index < -0.39 is 0 Å². The largest absolute Gasteiger partial charge is 0.391 e. The number of benzene rings is 1. The van der Waals surface area contributed by atoms with Gasteiger partial charge in [-0.25, -0.2) is 9.97 Å². The fourth-order valence-electron chi connectivity index (χ4n) is 4.57. The molecule has 1 saturated carbocycles. The molecule has 1 aliphatic carbocycles. The fourth-order valence-corrected chi connectivity index (χ4v) is 4.57. The second kappa shape index (κ2) is 8.77. The van der Waals surface area contributed by atoms with Crippen molar-refractivity contribution in [3.05, 3.63) is 42.9 Å². The average molecular weight is 419 g/mol. The van der Waals surface area contributed by atoms with E-state index in [9.17, 15) is 5.11 Å². The Morgan fingerprint density at radius 2 is 1.71 bits per heavy atom. The maximum atomic E-state index is 10.3. The minimum absolute atomic E-state index is 0.106. The van der Waals surface area contributed by atoms with Gasteiger partial charge in [-0.3, -0.25) is 4.98 Å². The Morgan fingerprint density at radius 1 is 0.935 bits per heavy atom. The van der Waals surface area contributed by atoms with E-state index in [1.807, 2.05) is 24.7 Å². The number of nitrogens with one attached hydrogen (secondary N) is 1. The lowest BCUT2D eigenvalue weighted by atomic mass is 9.92. The molecule has 2 aromatic heterocycles. The molecule has 162 valence electrons. The number of aliphatic hydroxyl groups is 1. The molecule has 2 aliphatic rings. The molecule has 1 aromatic carbocycles.